The first-order chi connectivity index (χ1) is 9.56. The fourth-order valence-corrected chi connectivity index (χ4v) is 2.55. The lowest BCUT2D eigenvalue weighted by atomic mass is 10.3. The van der Waals surface area contributed by atoms with E-state index in [2.05, 4.69) is 15.8 Å². The number of para-hydroxylation sites is 1. The molecule has 3 nitrogen and oxygen atoms in total. The number of hydrogen-bond donors (Lipinski definition) is 2. The molecule has 0 aliphatic carbocycles. The van der Waals surface area contributed by atoms with Gasteiger partial charge in [0.2, 0.25) is 0 Å². The van der Waals surface area contributed by atoms with Gasteiger partial charge >= 0.3 is 0 Å². The molecule has 0 atom stereocenters. The van der Waals surface area contributed by atoms with Crippen molar-refractivity contribution in [1.29, 1.82) is 0 Å². The Bertz CT molecular complexity index is 655. The molecule has 2 N–H and O–H groups in total. The zero-order valence-corrected chi connectivity index (χ0v) is 12.9. The fourth-order valence-electron chi connectivity index (χ4n) is 1.41. The van der Waals surface area contributed by atoms with Crippen molar-refractivity contribution in [2.24, 2.45) is 5.10 Å². The second-order valence-electron chi connectivity index (χ2n) is 3.85. The molecule has 0 amide bonds. The molecule has 0 unspecified atom stereocenters. The number of benzene rings is 1. The van der Waals surface area contributed by atoms with E-state index in [4.69, 9.17) is 23.8 Å². The lowest BCUT2D eigenvalue weighted by Crippen LogP contribution is -2.25. The van der Waals surface area contributed by atoms with Crippen LogP contribution >= 0.6 is 35.2 Å². The Morgan fingerprint density at radius 1 is 1.30 bits per heavy atom. The summed E-state index contributed by atoms with van der Waals surface area (Å²) in [6.07, 6.45) is 0. The molecule has 0 saturated carbocycles. The number of hydrazone groups is 1. The van der Waals surface area contributed by atoms with E-state index in [1.807, 2.05) is 13.0 Å². The Morgan fingerprint density at radius 2 is 2.05 bits per heavy atom. The highest BCUT2D eigenvalue weighted by molar-refractivity contribution is 7.80. The van der Waals surface area contributed by atoms with E-state index in [0.717, 1.165) is 10.6 Å². The van der Waals surface area contributed by atoms with E-state index < -0.39 is 0 Å². The maximum atomic E-state index is 13.4. The highest BCUT2D eigenvalue weighted by atomic mass is 35.5. The molecule has 0 spiro atoms. The predicted molar refractivity (Wildman–Crippen MR) is 87.3 cm³/mol. The molecule has 1 aromatic heterocycles. The van der Waals surface area contributed by atoms with Gasteiger partial charge in [-0.1, -0.05) is 23.7 Å². The van der Waals surface area contributed by atoms with Crippen LogP contribution in [0.25, 0.3) is 0 Å². The molecule has 104 valence electrons. The smallest absolute Gasteiger partial charge is 0.191 e. The van der Waals surface area contributed by atoms with Gasteiger partial charge in [0.1, 0.15) is 5.82 Å². The van der Waals surface area contributed by atoms with Crippen LogP contribution < -0.4 is 10.7 Å². The molecule has 20 heavy (non-hydrogen) atoms. The minimum Gasteiger partial charge on any atom is -0.329 e. The van der Waals surface area contributed by atoms with Crippen molar-refractivity contribution in [1.82, 2.24) is 5.43 Å². The SMILES string of the molecule is C/C(=N/NC(=S)Nc1ccccc1F)c1ccc(Cl)s1. The molecular weight excluding hydrogens is 317 g/mol. The van der Waals surface area contributed by atoms with Gasteiger partial charge in [-0.05, 0) is 43.4 Å². The molecule has 0 saturated heterocycles. The summed E-state index contributed by atoms with van der Waals surface area (Å²) in [6.45, 7) is 1.83. The van der Waals surface area contributed by atoms with Gasteiger partial charge in [-0.2, -0.15) is 5.10 Å². The first kappa shape index (κ1) is 14.9. The second kappa shape index (κ2) is 6.78. The lowest BCUT2D eigenvalue weighted by Gasteiger charge is -2.08. The maximum Gasteiger partial charge on any atom is 0.191 e. The van der Waals surface area contributed by atoms with E-state index >= 15 is 0 Å². The summed E-state index contributed by atoms with van der Waals surface area (Å²) in [5.74, 6) is -0.373. The summed E-state index contributed by atoms with van der Waals surface area (Å²) in [5, 5.41) is 7.08. The second-order valence-corrected chi connectivity index (χ2v) is 5.97. The van der Waals surface area contributed by atoms with Gasteiger partial charge in [-0.15, -0.1) is 11.3 Å². The molecule has 0 aliphatic heterocycles. The molecule has 0 fully saturated rings. The standard InChI is InChI=1S/C13H11ClFN3S2/c1-8(11-6-7-12(14)20-11)17-18-13(19)16-10-5-3-2-4-9(10)15/h2-7H,1H3,(H2,16,18,19)/b17-8-. The third-order valence-corrected chi connectivity index (χ3v) is 3.91. The Labute approximate surface area is 130 Å². The highest BCUT2D eigenvalue weighted by Gasteiger charge is 2.04. The normalized spacial score (nSPS) is 11.2. The number of nitrogens with one attached hydrogen (secondary N) is 2. The van der Waals surface area contributed by atoms with Crippen LogP contribution in [-0.4, -0.2) is 10.8 Å². The van der Waals surface area contributed by atoms with Crippen LogP contribution in [0.1, 0.15) is 11.8 Å². The quantitative estimate of drug-likeness (QED) is 0.502. The minimum absolute atomic E-state index is 0.220. The van der Waals surface area contributed by atoms with Crippen molar-refractivity contribution in [3.8, 4) is 0 Å². The molecule has 0 bridgehead atoms. The monoisotopic (exact) mass is 327 g/mol. The minimum atomic E-state index is -0.373. The summed E-state index contributed by atoms with van der Waals surface area (Å²) in [7, 11) is 0. The molecule has 2 rings (SSSR count). The van der Waals surface area contributed by atoms with Gasteiger partial charge < -0.3 is 5.32 Å². The van der Waals surface area contributed by atoms with Crippen LogP contribution in [0.5, 0.6) is 0 Å². The summed E-state index contributed by atoms with van der Waals surface area (Å²) < 4.78 is 14.1. The van der Waals surface area contributed by atoms with Crippen molar-refractivity contribution in [2.45, 2.75) is 6.92 Å². The van der Waals surface area contributed by atoms with Crippen molar-refractivity contribution < 1.29 is 4.39 Å². The van der Waals surface area contributed by atoms with Gasteiger partial charge in [0.25, 0.3) is 0 Å². The van der Waals surface area contributed by atoms with E-state index in [9.17, 15) is 4.39 Å². The Kier molecular flexibility index (Phi) is 5.05. The highest BCUT2D eigenvalue weighted by Crippen LogP contribution is 2.21. The maximum absolute atomic E-state index is 13.4. The number of hydrogen-bond acceptors (Lipinski definition) is 3. The number of thiophene rings is 1. The average molecular weight is 328 g/mol. The van der Waals surface area contributed by atoms with Crippen LogP contribution in [0.4, 0.5) is 10.1 Å². The van der Waals surface area contributed by atoms with Crippen LogP contribution in [0, 0.1) is 5.82 Å². The molecule has 1 aromatic carbocycles. The van der Waals surface area contributed by atoms with Gasteiger partial charge in [0.15, 0.2) is 5.11 Å². The fraction of sp³-hybridized carbons (Fsp3) is 0.0769. The Balaban J connectivity index is 1.97. The van der Waals surface area contributed by atoms with Crippen LogP contribution in [0.2, 0.25) is 4.34 Å². The third kappa shape index (κ3) is 4.00. The van der Waals surface area contributed by atoms with Crippen molar-refractivity contribution in [3.05, 3.63) is 51.4 Å². The van der Waals surface area contributed by atoms with Crippen molar-refractivity contribution >= 4 is 51.7 Å². The van der Waals surface area contributed by atoms with Gasteiger partial charge in [-0.25, -0.2) is 4.39 Å². The zero-order valence-electron chi connectivity index (χ0n) is 10.5. The molecule has 2 aromatic rings. The largest absolute Gasteiger partial charge is 0.329 e. The lowest BCUT2D eigenvalue weighted by molar-refractivity contribution is 0.632. The number of rotatable bonds is 3. The predicted octanol–water partition coefficient (Wildman–Crippen LogP) is 4.25. The van der Waals surface area contributed by atoms with E-state index in [0.29, 0.717) is 10.0 Å². The van der Waals surface area contributed by atoms with Crippen molar-refractivity contribution in [3.63, 3.8) is 0 Å². The summed E-state index contributed by atoms with van der Waals surface area (Å²) in [4.78, 5) is 0.941. The number of anilines is 1. The van der Waals surface area contributed by atoms with E-state index in [-0.39, 0.29) is 10.9 Å². The van der Waals surface area contributed by atoms with Crippen LogP contribution in [0.15, 0.2) is 41.5 Å². The van der Waals surface area contributed by atoms with Gasteiger partial charge in [-0.3, -0.25) is 5.43 Å². The van der Waals surface area contributed by atoms with Crippen LogP contribution in [0.3, 0.4) is 0 Å². The molecule has 7 heteroatoms. The van der Waals surface area contributed by atoms with E-state index in [1.54, 1.807) is 24.3 Å². The topological polar surface area (TPSA) is 36.4 Å². The third-order valence-electron chi connectivity index (χ3n) is 2.38. The Hall–Kier alpha value is -1.50. The van der Waals surface area contributed by atoms with Crippen molar-refractivity contribution in [2.75, 3.05) is 5.32 Å². The number of halogens is 2. The molecule has 1 heterocycles. The summed E-state index contributed by atoms with van der Waals surface area (Å²) in [5.41, 5.74) is 3.72. The number of thiocarbonyl (C=S) groups is 1. The van der Waals surface area contributed by atoms with Gasteiger partial charge in [0, 0.05) is 0 Å². The molecular formula is C13H11ClFN3S2. The average Bonchev–Trinajstić information content (AvgIpc) is 2.85. The van der Waals surface area contributed by atoms with Crippen LogP contribution in [-0.2, 0) is 0 Å². The first-order valence-electron chi connectivity index (χ1n) is 5.68. The zero-order chi connectivity index (χ0) is 14.5. The first-order valence-corrected chi connectivity index (χ1v) is 7.28. The van der Waals surface area contributed by atoms with E-state index in [1.165, 1.54) is 17.4 Å². The molecule has 0 radical (unpaired) electrons. The Morgan fingerprint density at radius 3 is 2.70 bits per heavy atom. The van der Waals surface area contributed by atoms with Gasteiger partial charge in [0.05, 0.1) is 20.6 Å². The summed E-state index contributed by atoms with van der Waals surface area (Å²) in [6, 6.07) is 9.96. The summed E-state index contributed by atoms with van der Waals surface area (Å²) >= 11 is 12.3. The number of nitrogens with zero attached hydrogens (tertiary/aromatic N) is 1. The molecule has 0 aliphatic rings.